The number of carbonyl (C=O) groups excluding carboxylic acids is 1. The second-order valence-corrected chi connectivity index (χ2v) is 8.28. The number of nitrogens with zero attached hydrogens (tertiary/aromatic N) is 4. The number of benzene rings is 1. The van der Waals surface area contributed by atoms with Gasteiger partial charge in [0.25, 0.3) is 0 Å². The van der Waals surface area contributed by atoms with E-state index in [4.69, 9.17) is 0 Å². The van der Waals surface area contributed by atoms with Crippen LogP contribution < -0.4 is 16.0 Å². The fourth-order valence-corrected chi connectivity index (χ4v) is 3.63. The number of hydrogen-bond donors (Lipinski definition) is 3. The number of thioether (sulfide) groups is 1. The van der Waals surface area contributed by atoms with Crippen LogP contribution in [0.4, 0.5) is 21.8 Å². The molecule has 1 aromatic carbocycles. The summed E-state index contributed by atoms with van der Waals surface area (Å²) in [5.74, 6) is 0.751. The third kappa shape index (κ3) is 5.72. The summed E-state index contributed by atoms with van der Waals surface area (Å²) in [5, 5.41) is 13.5. The van der Waals surface area contributed by atoms with Crippen molar-refractivity contribution in [2.45, 2.75) is 43.8 Å². The number of hydrogen-bond acceptors (Lipinski definition) is 7. The van der Waals surface area contributed by atoms with Crippen LogP contribution in [0.3, 0.4) is 0 Å². The highest BCUT2D eigenvalue weighted by Gasteiger charge is 2.23. The molecule has 10 heteroatoms. The predicted molar refractivity (Wildman–Crippen MR) is 119 cm³/mol. The fraction of sp³-hybridized carbons (Fsp3) is 0.333. The van der Waals surface area contributed by atoms with Gasteiger partial charge in [-0.1, -0.05) is 0 Å². The molecule has 1 saturated carbocycles. The van der Waals surface area contributed by atoms with E-state index in [0.29, 0.717) is 30.0 Å². The molecular formula is C21H24FN7OS. The Labute approximate surface area is 184 Å². The van der Waals surface area contributed by atoms with Crippen molar-refractivity contribution in [3.8, 4) is 0 Å². The van der Waals surface area contributed by atoms with Gasteiger partial charge < -0.3 is 16.0 Å². The average Bonchev–Trinajstić information content (AvgIpc) is 3.45. The van der Waals surface area contributed by atoms with E-state index in [1.54, 1.807) is 41.1 Å². The smallest absolute Gasteiger partial charge is 0.241 e. The van der Waals surface area contributed by atoms with Crippen molar-refractivity contribution in [1.29, 1.82) is 0 Å². The van der Waals surface area contributed by atoms with Crippen molar-refractivity contribution in [3.63, 3.8) is 0 Å². The van der Waals surface area contributed by atoms with Crippen LogP contribution in [0.5, 0.6) is 0 Å². The first-order valence-corrected chi connectivity index (χ1v) is 11.2. The zero-order valence-electron chi connectivity index (χ0n) is 17.4. The summed E-state index contributed by atoms with van der Waals surface area (Å²) in [6.07, 6.45) is 9.14. The molecule has 0 spiro atoms. The van der Waals surface area contributed by atoms with Gasteiger partial charge in [-0.05, 0) is 49.8 Å². The lowest BCUT2D eigenvalue weighted by molar-refractivity contribution is -0.122. The Hall–Kier alpha value is -3.14. The zero-order valence-corrected chi connectivity index (χ0v) is 18.2. The third-order valence-corrected chi connectivity index (χ3v) is 5.64. The average molecular weight is 442 g/mol. The van der Waals surface area contributed by atoms with Crippen molar-refractivity contribution < 1.29 is 9.18 Å². The highest BCUT2D eigenvalue weighted by atomic mass is 32.2. The fourth-order valence-electron chi connectivity index (χ4n) is 3.04. The number of aryl methyl sites for hydroxylation is 1. The minimum Gasteiger partial charge on any atom is -0.366 e. The maximum absolute atomic E-state index is 13.6. The molecule has 0 atom stereocenters. The number of amides is 1. The SMILES string of the molecule is CSc1ccc(F)cc1CNc1nc(Nc2cnn(CC(=O)NC3CC3)c2)ncc1C. The quantitative estimate of drug-likeness (QED) is 0.438. The van der Waals surface area contributed by atoms with E-state index in [1.807, 2.05) is 13.2 Å². The molecule has 31 heavy (non-hydrogen) atoms. The van der Waals surface area contributed by atoms with Crippen molar-refractivity contribution in [2.75, 3.05) is 16.9 Å². The minimum atomic E-state index is -0.265. The lowest BCUT2D eigenvalue weighted by Crippen LogP contribution is -2.29. The van der Waals surface area contributed by atoms with Crippen LogP contribution >= 0.6 is 11.8 Å². The standard InChI is InChI=1S/C21H24FN7OS/c1-13-8-24-21(27-17-10-25-29(11-17)12-19(30)26-16-4-5-16)28-20(13)23-9-14-7-15(22)3-6-18(14)31-2/h3,6-8,10-11,16H,4-5,9,12H2,1-2H3,(H,26,30)(H2,23,24,27,28). The van der Waals surface area contributed by atoms with E-state index >= 15 is 0 Å². The first-order valence-electron chi connectivity index (χ1n) is 9.99. The molecule has 8 nitrogen and oxygen atoms in total. The van der Waals surface area contributed by atoms with Gasteiger partial charge in [-0.2, -0.15) is 10.1 Å². The molecule has 0 saturated heterocycles. The van der Waals surface area contributed by atoms with Crippen LogP contribution in [-0.2, 0) is 17.9 Å². The Bertz CT molecular complexity index is 1080. The van der Waals surface area contributed by atoms with Crippen LogP contribution in [0.1, 0.15) is 24.0 Å². The van der Waals surface area contributed by atoms with Gasteiger partial charge >= 0.3 is 0 Å². The molecule has 0 radical (unpaired) electrons. The molecule has 2 heterocycles. The molecule has 3 N–H and O–H groups in total. The number of nitrogens with one attached hydrogen (secondary N) is 3. The molecule has 0 unspecified atom stereocenters. The highest BCUT2D eigenvalue weighted by molar-refractivity contribution is 7.98. The largest absolute Gasteiger partial charge is 0.366 e. The molecule has 1 fully saturated rings. The number of carbonyl (C=O) groups is 1. The number of aromatic nitrogens is 4. The van der Waals surface area contributed by atoms with Crippen LogP contribution in [0, 0.1) is 12.7 Å². The molecule has 4 rings (SSSR count). The normalized spacial score (nSPS) is 13.1. The van der Waals surface area contributed by atoms with Gasteiger partial charge in [-0.3, -0.25) is 9.48 Å². The van der Waals surface area contributed by atoms with E-state index in [1.165, 1.54) is 12.1 Å². The van der Waals surface area contributed by atoms with Crippen LogP contribution in [0.15, 0.2) is 41.7 Å². The van der Waals surface area contributed by atoms with Gasteiger partial charge in [0.1, 0.15) is 18.2 Å². The number of rotatable bonds is 9. The third-order valence-electron chi connectivity index (χ3n) is 4.80. The molecule has 1 amide bonds. The molecule has 2 aromatic heterocycles. The van der Waals surface area contributed by atoms with E-state index in [0.717, 1.165) is 28.9 Å². The summed E-state index contributed by atoms with van der Waals surface area (Å²) < 4.78 is 15.2. The topological polar surface area (TPSA) is 96.8 Å². The van der Waals surface area contributed by atoms with Crippen LogP contribution in [0.25, 0.3) is 0 Å². The second kappa shape index (κ2) is 9.34. The molecular weight excluding hydrogens is 417 g/mol. The Kier molecular flexibility index (Phi) is 6.36. The molecule has 0 bridgehead atoms. The summed E-state index contributed by atoms with van der Waals surface area (Å²) in [7, 11) is 0. The van der Waals surface area contributed by atoms with Crippen LogP contribution in [-0.4, -0.2) is 38.0 Å². The lowest BCUT2D eigenvalue weighted by Gasteiger charge is -2.12. The summed E-state index contributed by atoms with van der Waals surface area (Å²) in [4.78, 5) is 21.8. The van der Waals surface area contributed by atoms with E-state index in [2.05, 4.69) is 31.0 Å². The number of anilines is 3. The van der Waals surface area contributed by atoms with Gasteiger partial charge in [0.2, 0.25) is 11.9 Å². The van der Waals surface area contributed by atoms with E-state index in [-0.39, 0.29) is 18.3 Å². The van der Waals surface area contributed by atoms with Crippen molar-refractivity contribution in [3.05, 3.63) is 53.7 Å². The van der Waals surface area contributed by atoms with Gasteiger partial charge in [0, 0.05) is 35.4 Å². The minimum absolute atomic E-state index is 0.0443. The van der Waals surface area contributed by atoms with Crippen molar-refractivity contribution in [1.82, 2.24) is 25.1 Å². The molecule has 3 aromatic rings. The first kappa shape index (κ1) is 21.1. The zero-order chi connectivity index (χ0) is 21.8. The Morgan fingerprint density at radius 1 is 1.32 bits per heavy atom. The summed E-state index contributed by atoms with van der Waals surface area (Å²) in [6, 6.07) is 5.09. The Morgan fingerprint density at radius 3 is 2.94 bits per heavy atom. The van der Waals surface area contributed by atoms with Gasteiger partial charge in [0.15, 0.2) is 0 Å². The van der Waals surface area contributed by atoms with Crippen molar-refractivity contribution in [2.24, 2.45) is 0 Å². The van der Waals surface area contributed by atoms with E-state index in [9.17, 15) is 9.18 Å². The van der Waals surface area contributed by atoms with Gasteiger partial charge in [-0.25, -0.2) is 9.37 Å². The monoisotopic (exact) mass is 441 g/mol. The first-order chi connectivity index (χ1) is 15.0. The molecule has 1 aliphatic rings. The Balaban J connectivity index is 1.40. The summed E-state index contributed by atoms with van der Waals surface area (Å²) in [6.45, 7) is 2.52. The van der Waals surface area contributed by atoms with E-state index < -0.39 is 0 Å². The van der Waals surface area contributed by atoms with Crippen molar-refractivity contribution >= 4 is 35.1 Å². The molecule has 0 aliphatic heterocycles. The summed E-state index contributed by atoms with van der Waals surface area (Å²) in [5.41, 5.74) is 2.43. The predicted octanol–water partition coefficient (Wildman–Crippen LogP) is 3.48. The maximum atomic E-state index is 13.6. The Morgan fingerprint density at radius 2 is 2.16 bits per heavy atom. The molecule has 162 valence electrons. The van der Waals surface area contributed by atoms with Crippen LogP contribution in [0.2, 0.25) is 0 Å². The maximum Gasteiger partial charge on any atom is 0.241 e. The summed E-state index contributed by atoms with van der Waals surface area (Å²) >= 11 is 1.57. The second-order valence-electron chi connectivity index (χ2n) is 7.43. The van der Waals surface area contributed by atoms with Gasteiger partial charge in [-0.15, -0.1) is 11.8 Å². The number of halogens is 1. The van der Waals surface area contributed by atoms with Gasteiger partial charge in [0.05, 0.1) is 11.9 Å². The molecule has 1 aliphatic carbocycles. The lowest BCUT2D eigenvalue weighted by atomic mass is 10.2. The highest BCUT2D eigenvalue weighted by Crippen LogP contribution is 2.23.